The lowest BCUT2D eigenvalue weighted by molar-refractivity contribution is -0.163. The second-order valence-electron chi connectivity index (χ2n) is 3.43. The average molecular weight is 230 g/mol. The van der Waals surface area contributed by atoms with Gasteiger partial charge in [0.05, 0.1) is 0 Å². The Morgan fingerprint density at radius 3 is 2.69 bits per heavy atom. The molecule has 90 valence electrons. The van der Waals surface area contributed by atoms with Crippen molar-refractivity contribution in [3.05, 3.63) is 0 Å². The van der Waals surface area contributed by atoms with E-state index in [0.717, 1.165) is 6.42 Å². The van der Waals surface area contributed by atoms with Gasteiger partial charge in [-0.05, 0) is 19.8 Å². The molecular formula is C9H14N2O5. The summed E-state index contributed by atoms with van der Waals surface area (Å²) < 4.78 is 9.89. The van der Waals surface area contributed by atoms with Crippen molar-refractivity contribution in [3.8, 4) is 0 Å². The molecule has 0 aromatic carbocycles. The number of carbonyl (C=O) groups is 3. The molecular weight excluding hydrogens is 216 g/mol. The summed E-state index contributed by atoms with van der Waals surface area (Å²) in [6.07, 6.45) is -0.294. The predicted octanol–water partition coefficient (Wildman–Crippen LogP) is -0.708. The fourth-order valence-electron chi connectivity index (χ4n) is 1.29. The maximum Gasteiger partial charge on any atom is 0.336 e. The third-order valence-corrected chi connectivity index (χ3v) is 2.10. The van der Waals surface area contributed by atoms with Crippen molar-refractivity contribution < 1.29 is 23.9 Å². The number of hydrogen-bond acceptors (Lipinski definition) is 5. The summed E-state index contributed by atoms with van der Waals surface area (Å²) in [5.41, 5.74) is 4.75. The number of imide groups is 1. The topological polar surface area (TPSA) is 108 Å². The smallest absolute Gasteiger partial charge is 0.336 e. The van der Waals surface area contributed by atoms with Gasteiger partial charge in [0.1, 0.15) is 0 Å². The van der Waals surface area contributed by atoms with Gasteiger partial charge in [0.15, 0.2) is 12.2 Å². The number of nitrogens with two attached hydrogens (primary N) is 1. The molecule has 1 aliphatic heterocycles. The normalized spacial score (nSPS) is 21.2. The maximum atomic E-state index is 11.4. The van der Waals surface area contributed by atoms with Crippen molar-refractivity contribution in [2.24, 2.45) is 5.73 Å². The number of urea groups is 1. The standard InChI is InChI=1S/C9H14N2O5/c1-5(7(12)11-9(10)14)16-8(13)6-3-2-4-15-6/h5-6H,2-4H2,1H3,(H3,10,11,12,14)/t5-,6+/m0/s1. The van der Waals surface area contributed by atoms with E-state index in [4.69, 9.17) is 15.2 Å². The zero-order valence-electron chi connectivity index (χ0n) is 8.89. The van der Waals surface area contributed by atoms with Crippen molar-refractivity contribution in [2.75, 3.05) is 6.61 Å². The van der Waals surface area contributed by atoms with Crippen LogP contribution in [0.1, 0.15) is 19.8 Å². The van der Waals surface area contributed by atoms with Gasteiger partial charge in [-0.15, -0.1) is 0 Å². The number of ether oxygens (including phenoxy) is 2. The third-order valence-electron chi connectivity index (χ3n) is 2.10. The van der Waals surface area contributed by atoms with Crippen LogP contribution in [0.2, 0.25) is 0 Å². The molecule has 3 amide bonds. The van der Waals surface area contributed by atoms with E-state index in [-0.39, 0.29) is 0 Å². The molecule has 0 radical (unpaired) electrons. The Balaban J connectivity index is 2.37. The van der Waals surface area contributed by atoms with Crippen molar-refractivity contribution in [1.82, 2.24) is 5.32 Å². The van der Waals surface area contributed by atoms with Crippen molar-refractivity contribution in [3.63, 3.8) is 0 Å². The summed E-state index contributed by atoms with van der Waals surface area (Å²) in [4.78, 5) is 33.0. The molecule has 1 heterocycles. The highest BCUT2D eigenvalue weighted by Crippen LogP contribution is 2.14. The van der Waals surface area contributed by atoms with E-state index in [1.165, 1.54) is 6.92 Å². The molecule has 0 unspecified atom stereocenters. The van der Waals surface area contributed by atoms with E-state index < -0.39 is 30.1 Å². The Morgan fingerprint density at radius 2 is 2.19 bits per heavy atom. The minimum Gasteiger partial charge on any atom is -0.451 e. The molecule has 1 fully saturated rings. The van der Waals surface area contributed by atoms with E-state index in [2.05, 4.69) is 0 Å². The quantitative estimate of drug-likeness (QED) is 0.623. The highest BCUT2D eigenvalue weighted by Gasteiger charge is 2.28. The van der Waals surface area contributed by atoms with Gasteiger partial charge in [-0.1, -0.05) is 0 Å². The molecule has 7 nitrogen and oxygen atoms in total. The lowest BCUT2D eigenvalue weighted by Crippen LogP contribution is -2.43. The van der Waals surface area contributed by atoms with Gasteiger partial charge < -0.3 is 15.2 Å². The fourth-order valence-corrected chi connectivity index (χ4v) is 1.29. The van der Waals surface area contributed by atoms with Crippen LogP contribution < -0.4 is 11.1 Å². The number of esters is 1. The highest BCUT2D eigenvalue weighted by molar-refractivity contribution is 5.96. The largest absolute Gasteiger partial charge is 0.451 e. The number of carbonyl (C=O) groups excluding carboxylic acids is 3. The lowest BCUT2D eigenvalue weighted by atomic mass is 10.2. The first kappa shape index (κ1) is 12.4. The van der Waals surface area contributed by atoms with E-state index >= 15 is 0 Å². The van der Waals surface area contributed by atoms with Gasteiger partial charge in [-0.3, -0.25) is 10.1 Å². The molecule has 16 heavy (non-hydrogen) atoms. The molecule has 7 heteroatoms. The fraction of sp³-hybridized carbons (Fsp3) is 0.667. The van der Waals surface area contributed by atoms with Crippen molar-refractivity contribution >= 4 is 17.9 Å². The van der Waals surface area contributed by atoms with Crippen LogP contribution in [0.25, 0.3) is 0 Å². The maximum absolute atomic E-state index is 11.4. The minimum absolute atomic E-state index is 0.516. The van der Waals surface area contributed by atoms with E-state index in [9.17, 15) is 14.4 Å². The number of nitrogens with one attached hydrogen (secondary N) is 1. The van der Waals surface area contributed by atoms with Gasteiger partial charge in [0, 0.05) is 6.61 Å². The van der Waals surface area contributed by atoms with Crippen LogP contribution in [-0.4, -0.2) is 36.7 Å². The highest BCUT2D eigenvalue weighted by atomic mass is 16.6. The van der Waals surface area contributed by atoms with E-state index in [1.807, 2.05) is 5.32 Å². The number of hydrogen-bond donors (Lipinski definition) is 2. The lowest BCUT2D eigenvalue weighted by Gasteiger charge is -2.14. The number of primary amides is 1. The van der Waals surface area contributed by atoms with Crippen LogP contribution >= 0.6 is 0 Å². The molecule has 1 aliphatic rings. The Bertz CT molecular complexity index is 298. The van der Waals surface area contributed by atoms with Gasteiger partial charge in [0.2, 0.25) is 0 Å². The van der Waals surface area contributed by atoms with Crippen LogP contribution in [0.3, 0.4) is 0 Å². The Labute approximate surface area is 92.3 Å². The molecule has 0 saturated carbocycles. The first-order valence-corrected chi connectivity index (χ1v) is 4.93. The van der Waals surface area contributed by atoms with Crippen LogP contribution in [0.15, 0.2) is 0 Å². The first-order valence-electron chi connectivity index (χ1n) is 4.93. The monoisotopic (exact) mass is 230 g/mol. The van der Waals surface area contributed by atoms with Crippen LogP contribution in [0.5, 0.6) is 0 Å². The molecule has 0 aromatic rings. The zero-order valence-corrected chi connectivity index (χ0v) is 8.89. The summed E-state index contributed by atoms with van der Waals surface area (Å²) in [5, 5.41) is 1.82. The summed E-state index contributed by atoms with van der Waals surface area (Å²) in [6.45, 7) is 1.87. The molecule has 0 bridgehead atoms. The summed E-state index contributed by atoms with van der Waals surface area (Å²) in [5.74, 6) is -1.34. The van der Waals surface area contributed by atoms with E-state index in [1.54, 1.807) is 0 Å². The van der Waals surface area contributed by atoms with Crippen molar-refractivity contribution in [2.45, 2.75) is 32.0 Å². The van der Waals surface area contributed by atoms with Crippen LogP contribution in [0.4, 0.5) is 4.79 Å². The third kappa shape index (κ3) is 3.50. The van der Waals surface area contributed by atoms with Crippen LogP contribution in [0, 0.1) is 0 Å². The van der Waals surface area contributed by atoms with Gasteiger partial charge in [-0.25, -0.2) is 9.59 Å². The SMILES string of the molecule is C[C@H](OC(=O)[C@H]1CCCO1)C(=O)NC(N)=O. The van der Waals surface area contributed by atoms with E-state index in [0.29, 0.717) is 13.0 Å². The summed E-state index contributed by atoms with van der Waals surface area (Å²) in [6, 6.07) is -0.981. The molecule has 0 spiro atoms. The number of amides is 3. The number of rotatable bonds is 3. The summed E-state index contributed by atoms with van der Waals surface area (Å²) in [7, 11) is 0. The summed E-state index contributed by atoms with van der Waals surface area (Å²) >= 11 is 0. The van der Waals surface area contributed by atoms with Crippen LogP contribution in [-0.2, 0) is 19.1 Å². The van der Waals surface area contributed by atoms with Gasteiger partial charge >= 0.3 is 12.0 Å². The molecule has 0 aromatic heterocycles. The molecule has 0 aliphatic carbocycles. The predicted molar refractivity (Wildman–Crippen MR) is 52.3 cm³/mol. The Hall–Kier alpha value is -1.63. The first-order chi connectivity index (χ1) is 7.50. The van der Waals surface area contributed by atoms with Gasteiger partial charge in [-0.2, -0.15) is 0 Å². The second kappa shape index (κ2) is 5.45. The Morgan fingerprint density at radius 1 is 1.50 bits per heavy atom. The molecule has 1 rings (SSSR count). The Kier molecular flexibility index (Phi) is 4.24. The molecule has 3 N–H and O–H groups in total. The van der Waals surface area contributed by atoms with Gasteiger partial charge in [0.25, 0.3) is 5.91 Å². The average Bonchev–Trinajstić information content (AvgIpc) is 2.68. The molecule has 2 atom stereocenters. The second-order valence-corrected chi connectivity index (χ2v) is 3.43. The van der Waals surface area contributed by atoms with Crippen molar-refractivity contribution in [1.29, 1.82) is 0 Å². The molecule has 1 saturated heterocycles. The minimum atomic E-state index is -1.07. The zero-order chi connectivity index (χ0) is 12.1.